The molecule has 0 saturated heterocycles. The normalized spacial score (nSPS) is 13.5. The first-order valence-electron chi connectivity index (χ1n) is 10.4. The summed E-state index contributed by atoms with van der Waals surface area (Å²) in [5.41, 5.74) is 1.05. The summed E-state index contributed by atoms with van der Waals surface area (Å²) >= 11 is 0. The maximum Gasteiger partial charge on any atom is 0.408 e. The summed E-state index contributed by atoms with van der Waals surface area (Å²) in [4.78, 5) is 19.3. The predicted molar refractivity (Wildman–Crippen MR) is 120 cm³/mol. The Morgan fingerprint density at radius 3 is 2.34 bits per heavy atom. The van der Waals surface area contributed by atoms with Crippen LogP contribution in [-0.4, -0.2) is 47.9 Å². The second-order valence-corrected chi connectivity index (χ2v) is 8.59. The highest BCUT2D eigenvalue weighted by Crippen LogP contribution is 2.31. The third kappa shape index (κ3) is 5.64. The average Bonchev–Trinajstić information content (AvgIpc) is 3.20. The van der Waals surface area contributed by atoms with Crippen LogP contribution in [0.3, 0.4) is 0 Å². The van der Waals surface area contributed by atoms with Crippen LogP contribution in [0.4, 0.5) is 4.79 Å². The minimum Gasteiger partial charge on any atom is -0.496 e. The number of nitrogens with zero attached hydrogens (tertiary/aromatic N) is 3. The van der Waals surface area contributed by atoms with Gasteiger partial charge in [0.2, 0.25) is 5.89 Å². The zero-order valence-electron chi connectivity index (χ0n) is 19.3. The van der Waals surface area contributed by atoms with Crippen LogP contribution >= 0.6 is 0 Å². The molecule has 3 aromatic rings. The number of rotatable bonds is 7. The third-order valence-corrected chi connectivity index (χ3v) is 4.69. The minimum absolute atomic E-state index is 0.239. The molecule has 8 heteroatoms. The smallest absolute Gasteiger partial charge is 0.408 e. The van der Waals surface area contributed by atoms with E-state index in [0.717, 1.165) is 5.56 Å². The van der Waals surface area contributed by atoms with E-state index in [9.17, 15) is 4.79 Å². The van der Waals surface area contributed by atoms with Gasteiger partial charge in [0, 0.05) is 5.56 Å². The van der Waals surface area contributed by atoms with Gasteiger partial charge < -0.3 is 19.3 Å². The number of nitrogens with one attached hydrogen (secondary N) is 1. The Balaban J connectivity index is 2.00. The lowest BCUT2D eigenvalue weighted by Crippen LogP contribution is -2.36. The number of hydrogen-bond acceptors (Lipinski definition) is 7. The molecule has 1 N–H and O–H groups in total. The fraction of sp³-hybridized carbons (Fsp3) is 0.375. The second-order valence-electron chi connectivity index (χ2n) is 8.59. The number of para-hydroxylation sites is 1. The van der Waals surface area contributed by atoms with Crippen molar-refractivity contribution in [1.29, 1.82) is 0 Å². The Morgan fingerprint density at radius 1 is 1.06 bits per heavy atom. The van der Waals surface area contributed by atoms with Crippen LogP contribution in [0.15, 0.2) is 59.1 Å². The zero-order chi connectivity index (χ0) is 23.3. The average molecular weight is 439 g/mol. The molecule has 3 rings (SSSR count). The standard InChI is InChI=1S/C24H30N4O4/c1-24(2,3)31-23(29)25-19(17-14-10-11-15-18(17)30-6)21-26-22(32-27-21)20(28(4)5)16-12-8-7-9-13-16/h7-15,19-20H,1-6H3,(H,25,29)/t19-,20-/m0/s1. The summed E-state index contributed by atoms with van der Waals surface area (Å²) in [6, 6.07) is 16.3. The fourth-order valence-electron chi connectivity index (χ4n) is 3.38. The molecule has 0 bridgehead atoms. The van der Waals surface area contributed by atoms with E-state index in [0.29, 0.717) is 23.0 Å². The molecule has 32 heavy (non-hydrogen) atoms. The summed E-state index contributed by atoms with van der Waals surface area (Å²) in [6.07, 6.45) is -0.591. The van der Waals surface area contributed by atoms with Crippen molar-refractivity contribution in [3.8, 4) is 5.75 Å². The second kappa shape index (κ2) is 9.82. The Morgan fingerprint density at radius 2 is 1.72 bits per heavy atom. The summed E-state index contributed by atoms with van der Waals surface area (Å²) < 4.78 is 16.6. The summed E-state index contributed by atoms with van der Waals surface area (Å²) in [7, 11) is 5.46. The number of aromatic nitrogens is 2. The van der Waals surface area contributed by atoms with E-state index in [2.05, 4.69) is 15.5 Å². The van der Waals surface area contributed by atoms with Gasteiger partial charge in [-0.1, -0.05) is 53.7 Å². The molecular weight excluding hydrogens is 408 g/mol. The zero-order valence-corrected chi connectivity index (χ0v) is 19.3. The van der Waals surface area contributed by atoms with Crippen molar-refractivity contribution in [2.24, 2.45) is 0 Å². The molecule has 8 nitrogen and oxygen atoms in total. The maximum absolute atomic E-state index is 12.6. The number of hydrogen-bond donors (Lipinski definition) is 1. The number of benzene rings is 2. The molecule has 1 amide bonds. The van der Waals surface area contributed by atoms with Gasteiger partial charge in [-0.15, -0.1) is 0 Å². The summed E-state index contributed by atoms with van der Waals surface area (Å²) in [6.45, 7) is 5.41. The maximum atomic E-state index is 12.6. The molecular formula is C24H30N4O4. The molecule has 170 valence electrons. The van der Waals surface area contributed by atoms with E-state index in [1.165, 1.54) is 0 Å². The van der Waals surface area contributed by atoms with Crippen LogP contribution in [0.2, 0.25) is 0 Å². The molecule has 0 unspecified atom stereocenters. The van der Waals surface area contributed by atoms with Crippen LogP contribution in [0.25, 0.3) is 0 Å². The molecule has 0 aliphatic rings. The molecule has 0 aliphatic heterocycles. The molecule has 2 aromatic carbocycles. The topological polar surface area (TPSA) is 89.7 Å². The largest absolute Gasteiger partial charge is 0.496 e. The van der Waals surface area contributed by atoms with Gasteiger partial charge in [0.1, 0.15) is 23.4 Å². The van der Waals surface area contributed by atoms with E-state index in [1.807, 2.05) is 73.6 Å². The monoisotopic (exact) mass is 438 g/mol. The number of ether oxygens (including phenoxy) is 2. The highest BCUT2D eigenvalue weighted by molar-refractivity contribution is 5.69. The highest BCUT2D eigenvalue weighted by Gasteiger charge is 2.30. The molecule has 0 spiro atoms. The van der Waals surface area contributed by atoms with Gasteiger partial charge in [-0.3, -0.25) is 4.90 Å². The fourth-order valence-corrected chi connectivity index (χ4v) is 3.38. The molecule has 0 aliphatic carbocycles. The van der Waals surface area contributed by atoms with Crippen molar-refractivity contribution in [1.82, 2.24) is 20.4 Å². The van der Waals surface area contributed by atoms with Crippen LogP contribution in [0, 0.1) is 0 Å². The van der Waals surface area contributed by atoms with Gasteiger partial charge in [-0.2, -0.15) is 4.98 Å². The number of amides is 1. The molecule has 0 radical (unpaired) electrons. The predicted octanol–water partition coefficient (Wildman–Crippen LogP) is 4.34. The SMILES string of the molecule is COc1ccccc1[C@H](NC(=O)OC(C)(C)C)c1noc([C@H](c2ccccc2)N(C)C)n1. The van der Waals surface area contributed by atoms with Crippen molar-refractivity contribution in [3.05, 3.63) is 77.4 Å². The molecule has 1 heterocycles. The number of carbonyl (C=O) groups is 1. The van der Waals surface area contributed by atoms with Crippen LogP contribution in [0.5, 0.6) is 5.75 Å². The quantitative estimate of drug-likeness (QED) is 0.587. The Kier molecular flexibility index (Phi) is 7.15. The van der Waals surface area contributed by atoms with Crippen molar-refractivity contribution < 1.29 is 18.8 Å². The lowest BCUT2D eigenvalue weighted by Gasteiger charge is -2.23. The van der Waals surface area contributed by atoms with Crippen LogP contribution in [0.1, 0.15) is 55.7 Å². The van der Waals surface area contributed by atoms with Crippen molar-refractivity contribution in [2.75, 3.05) is 21.2 Å². The number of methoxy groups -OCH3 is 1. The number of carbonyl (C=O) groups excluding carboxylic acids is 1. The van der Waals surface area contributed by atoms with E-state index < -0.39 is 17.7 Å². The minimum atomic E-state index is -0.725. The lowest BCUT2D eigenvalue weighted by molar-refractivity contribution is 0.0509. The van der Waals surface area contributed by atoms with E-state index in [4.69, 9.17) is 14.0 Å². The molecule has 1 aromatic heterocycles. The van der Waals surface area contributed by atoms with Gasteiger partial charge in [0.15, 0.2) is 5.82 Å². The van der Waals surface area contributed by atoms with Gasteiger partial charge >= 0.3 is 6.09 Å². The van der Waals surface area contributed by atoms with Gasteiger partial charge in [-0.25, -0.2) is 4.79 Å². The summed E-state index contributed by atoms with van der Waals surface area (Å²) in [5.74, 6) is 1.31. The first kappa shape index (κ1) is 23.3. The Labute approximate surface area is 188 Å². The highest BCUT2D eigenvalue weighted by atomic mass is 16.6. The van der Waals surface area contributed by atoms with Gasteiger partial charge in [-0.05, 0) is 46.5 Å². The van der Waals surface area contributed by atoms with Gasteiger partial charge in [0.05, 0.1) is 7.11 Å². The van der Waals surface area contributed by atoms with Crippen molar-refractivity contribution >= 4 is 6.09 Å². The number of alkyl carbamates (subject to hydrolysis) is 1. The van der Waals surface area contributed by atoms with E-state index >= 15 is 0 Å². The molecule has 0 fully saturated rings. The third-order valence-electron chi connectivity index (χ3n) is 4.69. The Hall–Kier alpha value is -3.39. The van der Waals surface area contributed by atoms with Crippen molar-refractivity contribution in [2.45, 2.75) is 38.5 Å². The first-order chi connectivity index (χ1) is 15.2. The van der Waals surface area contributed by atoms with Crippen LogP contribution < -0.4 is 10.1 Å². The van der Waals surface area contributed by atoms with E-state index in [-0.39, 0.29) is 6.04 Å². The van der Waals surface area contributed by atoms with Crippen molar-refractivity contribution in [3.63, 3.8) is 0 Å². The van der Waals surface area contributed by atoms with Gasteiger partial charge in [0.25, 0.3) is 0 Å². The van der Waals surface area contributed by atoms with E-state index in [1.54, 1.807) is 27.9 Å². The summed E-state index contributed by atoms with van der Waals surface area (Å²) in [5, 5.41) is 7.07. The van der Waals surface area contributed by atoms with Crippen LogP contribution in [-0.2, 0) is 4.74 Å². The molecule has 0 saturated carbocycles. The first-order valence-corrected chi connectivity index (χ1v) is 10.4. The molecule has 2 atom stereocenters. The lowest BCUT2D eigenvalue weighted by atomic mass is 10.0. The Bertz CT molecular complexity index is 1030.